The fourth-order valence-electron chi connectivity index (χ4n) is 1.33. The van der Waals surface area contributed by atoms with Crippen LogP contribution in [0.15, 0.2) is 18.5 Å². The van der Waals surface area contributed by atoms with Gasteiger partial charge in [0.05, 0.1) is 17.4 Å². The summed E-state index contributed by atoms with van der Waals surface area (Å²) in [7, 11) is -3.27. The van der Waals surface area contributed by atoms with E-state index in [1.54, 1.807) is 0 Å². The molecule has 0 aromatic carbocycles. The van der Waals surface area contributed by atoms with Crippen LogP contribution in [0.5, 0.6) is 0 Å². The third kappa shape index (κ3) is 5.79. The molecule has 0 bridgehead atoms. The molecule has 108 valence electrons. The molecule has 3 N–H and O–H groups in total. The molecule has 1 aromatic heterocycles. The summed E-state index contributed by atoms with van der Waals surface area (Å²) in [4.78, 5) is 15.8. The average molecular weight is 297 g/mol. The first-order valence-electron chi connectivity index (χ1n) is 5.70. The van der Waals surface area contributed by atoms with Crippen molar-refractivity contribution in [3.05, 3.63) is 29.6 Å². The molecule has 0 radical (unpaired) electrons. The van der Waals surface area contributed by atoms with Crippen LogP contribution in [0.3, 0.4) is 0 Å². The second kappa shape index (κ2) is 7.59. The molecule has 7 nitrogen and oxygen atoms in total. The highest BCUT2D eigenvalue weighted by Crippen LogP contribution is 2.04. The number of nitrogens with one attached hydrogen (secondary N) is 2. The van der Waals surface area contributed by atoms with Crippen molar-refractivity contribution >= 4 is 15.9 Å². The molecule has 0 aliphatic carbocycles. The molecule has 0 fully saturated rings. The predicted molar refractivity (Wildman–Crippen MR) is 73.4 cm³/mol. The Morgan fingerprint density at radius 2 is 2.20 bits per heavy atom. The summed E-state index contributed by atoms with van der Waals surface area (Å²) in [5.41, 5.74) is 0.718. The van der Waals surface area contributed by atoms with E-state index in [0.29, 0.717) is 11.1 Å². The van der Waals surface area contributed by atoms with E-state index < -0.39 is 10.0 Å². The number of aromatic nitrogens is 1. The molecular weight excluding hydrogens is 282 g/mol. The number of hydrogen-bond acceptors (Lipinski definition) is 5. The lowest BCUT2D eigenvalue weighted by molar-refractivity contribution is 0.0954. The Morgan fingerprint density at radius 3 is 2.85 bits per heavy atom. The van der Waals surface area contributed by atoms with Gasteiger partial charge in [-0.25, -0.2) is 13.1 Å². The predicted octanol–water partition coefficient (Wildman–Crippen LogP) is -1.30. The Kier molecular flexibility index (Phi) is 6.11. The molecule has 0 aliphatic rings. The van der Waals surface area contributed by atoms with Crippen LogP contribution in [0.2, 0.25) is 0 Å². The fourth-order valence-corrected chi connectivity index (χ4v) is 1.81. The third-order valence-corrected chi connectivity index (χ3v) is 2.87. The van der Waals surface area contributed by atoms with Crippen molar-refractivity contribution in [1.82, 2.24) is 15.0 Å². The standard InChI is InChI=1S/C12H15N3O4S/c1-20(18,19)15-7-6-14-12(17)11-4-5-13-9-10(11)3-2-8-16/h4-5,9,15-16H,6-8H2,1H3,(H,14,17). The second-order valence-corrected chi connectivity index (χ2v) is 5.64. The average Bonchev–Trinajstić information content (AvgIpc) is 2.40. The first kappa shape index (κ1) is 16.1. The van der Waals surface area contributed by atoms with Crippen LogP contribution >= 0.6 is 0 Å². The first-order valence-corrected chi connectivity index (χ1v) is 7.60. The van der Waals surface area contributed by atoms with Gasteiger partial charge in [-0.3, -0.25) is 9.78 Å². The number of hydrogen-bond donors (Lipinski definition) is 3. The van der Waals surface area contributed by atoms with Crippen molar-refractivity contribution < 1.29 is 18.3 Å². The molecule has 1 aromatic rings. The highest BCUT2D eigenvalue weighted by molar-refractivity contribution is 7.88. The number of carbonyl (C=O) groups excluding carboxylic acids is 1. The first-order chi connectivity index (χ1) is 9.44. The lowest BCUT2D eigenvalue weighted by Gasteiger charge is -2.07. The molecule has 0 saturated carbocycles. The minimum Gasteiger partial charge on any atom is -0.384 e. The molecular formula is C12H15N3O4S. The van der Waals surface area contributed by atoms with Gasteiger partial charge in [-0.2, -0.15) is 0 Å². The topological polar surface area (TPSA) is 108 Å². The van der Waals surface area contributed by atoms with Crippen LogP contribution < -0.4 is 10.0 Å². The fraction of sp³-hybridized carbons (Fsp3) is 0.333. The monoisotopic (exact) mass is 297 g/mol. The summed E-state index contributed by atoms with van der Waals surface area (Å²) in [6.45, 7) is -0.0529. The lowest BCUT2D eigenvalue weighted by Crippen LogP contribution is -2.34. The third-order valence-electron chi connectivity index (χ3n) is 2.14. The van der Waals surface area contributed by atoms with Crippen LogP contribution in [0.4, 0.5) is 0 Å². The molecule has 8 heteroatoms. The zero-order valence-electron chi connectivity index (χ0n) is 10.9. The summed E-state index contributed by atoms with van der Waals surface area (Å²) >= 11 is 0. The van der Waals surface area contributed by atoms with E-state index >= 15 is 0 Å². The molecule has 0 spiro atoms. The minimum absolute atomic E-state index is 0.104. The second-order valence-electron chi connectivity index (χ2n) is 3.80. The Labute approximate surface area is 117 Å². The zero-order chi connectivity index (χ0) is 15.0. The highest BCUT2D eigenvalue weighted by atomic mass is 32.2. The van der Waals surface area contributed by atoms with Crippen molar-refractivity contribution in [2.24, 2.45) is 0 Å². The number of nitrogens with zero attached hydrogens (tertiary/aromatic N) is 1. The molecule has 0 saturated heterocycles. The lowest BCUT2D eigenvalue weighted by atomic mass is 10.1. The van der Waals surface area contributed by atoms with Gasteiger partial charge in [0.2, 0.25) is 10.0 Å². The van der Waals surface area contributed by atoms with Gasteiger partial charge in [0.25, 0.3) is 5.91 Å². The molecule has 1 amide bonds. The number of amides is 1. The summed E-state index contributed by atoms with van der Waals surface area (Å²) in [5, 5.41) is 11.2. The van der Waals surface area contributed by atoms with Crippen LogP contribution in [0.1, 0.15) is 15.9 Å². The van der Waals surface area contributed by atoms with Crippen molar-refractivity contribution in [3.8, 4) is 11.8 Å². The van der Waals surface area contributed by atoms with Gasteiger partial charge in [0, 0.05) is 25.5 Å². The van der Waals surface area contributed by atoms with E-state index in [0.717, 1.165) is 6.26 Å². The van der Waals surface area contributed by atoms with Gasteiger partial charge < -0.3 is 10.4 Å². The number of aliphatic hydroxyl groups excluding tert-OH is 1. The van der Waals surface area contributed by atoms with Gasteiger partial charge in [0.15, 0.2) is 0 Å². The van der Waals surface area contributed by atoms with Gasteiger partial charge in [0.1, 0.15) is 6.61 Å². The van der Waals surface area contributed by atoms with Crippen molar-refractivity contribution in [2.75, 3.05) is 26.0 Å². The largest absolute Gasteiger partial charge is 0.384 e. The van der Waals surface area contributed by atoms with Crippen LogP contribution in [0.25, 0.3) is 0 Å². The number of pyridine rings is 1. The minimum atomic E-state index is -3.27. The summed E-state index contributed by atoms with van der Waals surface area (Å²) < 4.78 is 24.0. The Balaban J connectivity index is 2.64. The van der Waals surface area contributed by atoms with Crippen molar-refractivity contribution in [1.29, 1.82) is 0 Å². The maximum atomic E-state index is 11.9. The quantitative estimate of drug-likeness (QED) is 0.462. The maximum Gasteiger partial charge on any atom is 0.252 e. The Morgan fingerprint density at radius 1 is 1.45 bits per heavy atom. The van der Waals surface area contributed by atoms with Crippen LogP contribution in [-0.2, 0) is 10.0 Å². The van der Waals surface area contributed by atoms with E-state index in [2.05, 4.69) is 26.9 Å². The number of carbonyl (C=O) groups is 1. The molecule has 1 rings (SSSR count). The number of aliphatic hydroxyl groups is 1. The molecule has 0 atom stereocenters. The molecule has 0 unspecified atom stereocenters. The summed E-state index contributed by atoms with van der Waals surface area (Å²) in [6, 6.07) is 1.50. The normalized spacial score (nSPS) is 10.5. The highest BCUT2D eigenvalue weighted by Gasteiger charge is 2.09. The van der Waals surface area contributed by atoms with Crippen LogP contribution in [-0.4, -0.2) is 50.4 Å². The SMILES string of the molecule is CS(=O)(=O)NCCNC(=O)c1ccncc1C#CCO. The van der Waals surface area contributed by atoms with E-state index in [9.17, 15) is 13.2 Å². The zero-order valence-corrected chi connectivity index (χ0v) is 11.7. The van der Waals surface area contributed by atoms with Gasteiger partial charge in [-0.1, -0.05) is 11.8 Å². The molecule has 0 aliphatic heterocycles. The maximum absolute atomic E-state index is 11.9. The van der Waals surface area contributed by atoms with Gasteiger partial charge in [-0.05, 0) is 6.07 Å². The van der Waals surface area contributed by atoms with E-state index in [1.165, 1.54) is 18.5 Å². The van der Waals surface area contributed by atoms with Crippen molar-refractivity contribution in [2.45, 2.75) is 0 Å². The summed E-state index contributed by atoms with van der Waals surface area (Å²) in [5.74, 6) is 4.68. The summed E-state index contributed by atoms with van der Waals surface area (Å²) in [6.07, 6.45) is 3.92. The van der Waals surface area contributed by atoms with Crippen LogP contribution in [0, 0.1) is 11.8 Å². The van der Waals surface area contributed by atoms with E-state index in [-0.39, 0.29) is 25.6 Å². The van der Waals surface area contributed by atoms with Crippen molar-refractivity contribution in [3.63, 3.8) is 0 Å². The smallest absolute Gasteiger partial charge is 0.252 e. The molecule has 20 heavy (non-hydrogen) atoms. The van der Waals surface area contributed by atoms with Gasteiger partial charge >= 0.3 is 0 Å². The van der Waals surface area contributed by atoms with E-state index in [4.69, 9.17) is 5.11 Å². The molecule has 1 heterocycles. The van der Waals surface area contributed by atoms with Gasteiger partial charge in [-0.15, -0.1) is 0 Å². The Bertz CT molecular complexity index is 632. The number of rotatable bonds is 5. The Hall–Kier alpha value is -1.95. The number of sulfonamides is 1. The van der Waals surface area contributed by atoms with E-state index in [1.807, 2.05) is 0 Å².